The van der Waals surface area contributed by atoms with Crippen molar-refractivity contribution in [3.8, 4) is 0 Å². The van der Waals surface area contributed by atoms with Crippen LogP contribution in [0.3, 0.4) is 0 Å². The lowest BCUT2D eigenvalue weighted by Crippen LogP contribution is -2.49. The maximum atomic E-state index is 11.0. The minimum Gasteiger partial charge on any atom is -0.381 e. The van der Waals surface area contributed by atoms with Gasteiger partial charge in [-0.2, -0.15) is 0 Å². The molecule has 100 valence electrons. The Hall–Kier alpha value is -0.610. The number of ether oxygens (including phenoxy) is 1. The Labute approximate surface area is 104 Å². The van der Waals surface area contributed by atoms with E-state index in [2.05, 4.69) is 0 Å². The topological polar surface area (TPSA) is 78.3 Å². The average molecular weight is 242 g/mol. The molecule has 0 heterocycles. The van der Waals surface area contributed by atoms with E-state index < -0.39 is 11.4 Å². The molecular weight excluding hydrogens is 216 g/mol. The SMILES string of the molecule is CC(N)(CCCCOCC1CCCC1)C(N)=O. The van der Waals surface area contributed by atoms with Gasteiger partial charge in [0.2, 0.25) is 5.91 Å². The molecule has 1 unspecified atom stereocenters. The quantitative estimate of drug-likeness (QED) is 0.634. The smallest absolute Gasteiger partial charge is 0.237 e. The lowest BCUT2D eigenvalue weighted by molar-refractivity contribution is -0.122. The molecule has 0 bridgehead atoms. The van der Waals surface area contributed by atoms with Crippen molar-refractivity contribution in [2.75, 3.05) is 13.2 Å². The van der Waals surface area contributed by atoms with E-state index >= 15 is 0 Å². The highest BCUT2D eigenvalue weighted by molar-refractivity contribution is 5.83. The van der Waals surface area contributed by atoms with Crippen molar-refractivity contribution in [3.05, 3.63) is 0 Å². The van der Waals surface area contributed by atoms with Crippen LogP contribution in [0.4, 0.5) is 0 Å². The van der Waals surface area contributed by atoms with Crippen LogP contribution >= 0.6 is 0 Å². The van der Waals surface area contributed by atoms with Crippen LogP contribution in [0.25, 0.3) is 0 Å². The molecule has 0 spiro atoms. The number of primary amides is 1. The van der Waals surface area contributed by atoms with E-state index in [-0.39, 0.29) is 0 Å². The lowest BCUT2D eigenvalue weighted by Gasteiger charge is -2.20. The summed E-state index contributed by atoms with van der Waals surface area (Å²) in [6.07, 6.45) is 7.84. The number of hydrogen-bond acceptors (Lipinski definition) is 3. The van der Waals surface area contributed by atoms with Crippen LogP contribution < -0.4 is 11.5 Å². The molecule has 1 saturated carbocycles. The van der Waals surface area contributed by atoms with Crippen LogP contribution in [0, 0.1) is 5.92 Å². The summed E-state index contributed by atoms with van der Waals surface area (Å²) < 4.78 is 5.64. The first kappa shape index (κ1) is 14.5. The molecule has 1 aliphatic carbocycles. The van der Waals surface area contributed by atoms with Gasteiger partial charge in [0, 0.05) is 13.2 Å². The predicted molar refractivity (Wildman–Crippen MR) is 68.4 cm³/mol. The van der Waals surface area contributed by atoms with Gasteiger partial charge in [0.25, 0.3) is 0 Å². The Bertz CT molecular complexity index is 236. The molecule has 0 aromatic heterocycles. The van der Waals surface area contributed by atoms with Crippen molar-refractivity contribution in [1.82, 2.24) is 0 Å². The van der Waals surface area contributed by atoms with Crippen LogP contribution in [0.2, 0.25) is 0 Å². The first-order chi connectivity index (χ1) is 8.02. The molecule has 0 aromatic rings. The highest BCUT2D eigenvalue weighted by Crippen LogP contribution is 2.24. The molecule has 0 radical (unpaired) electrons. The van der Waals surface area contributed by atoms with Crippen molar-refractivity contribution in [2.24, 2.45) is 17.4 Å². The second kappa shape index (κ2) is 6.97. The third kappa shape index (κ3) is 5.50. The molecular formula is C13H26N2O2. The number of amides is 1. The number of carbonyl (C=O) groups excluding carboxylic acids is 1. The van der Waals surface area contributed by atoms with Gasteiger partial charge < -0.3 is 16.2 Å². The second-order valence-corrected chi connectivity index (χ2v) is 5.46. The summed E-state index contributed by atoms with van der Waals surface area (Å²) in [6.45, 7) is 3.36. The number of nitrogens with two attached hydrogens (primary N) is 2. The molecule has 4 N–H and O–H groups in total. The van der Waals surface area contributed by atoms with Gasteiger partial charge in [-0.3, -0.25) is 4.79 Å². The van der Waals surface area contributed by atoms with Crippen molar-refractivity contribution in [3.63, 3.8) is 0 Å². The molecule has 0 aromatic carbocycles. The molecule has 4 nitrogen and oxygen atoms in total. The minimum atomic E-state index is -0.870. The standard InChI is InChI=1S/C13H26N2O2/c1-13(15,12(14)16)8-4-5-9-17-10-11-6-2-3-7-11/h11H,2-10,15H2,1H3,(H2,14,16). The van der Waals surface area contributed by atoms with E-state index in [1.807, 2.05) is 0 Å². The second-order valence-electron chi connectivity index (χ2n) is 5.46. The Morgan fingerprint density at radius 2 is 2.00 bits per heavy atom. The molecule has 17 heavy (non-hydrogen) atoms. The molecule has 4 heteroatoms. The fourth-order valence-corrected chi connectivity index (χ4v) is 2.25. The summed E-state index contributed by atoms with van der Waals surface area (Å²) in [5.41, 5.74) is 10.1. The highest BCUT2D eigenvalue weighted by Gasteiger charge is 2.24. The normalized spacial score (nSPS) is 20.4. The molecule has 1 fully saturated rings. The van der Waals surface area contributed by atoms with Gasteiger partial charge in [0.1, 0.15) is 0 Å². The number of carbonyl (C=O) groups is 1. The average Bonchev–Trinajstić information content (AvgIpc) is 2.75. The van der Waals surface area contributed by atoms with E-state index in [1.165, 1.54) is 25.7 Å². The van der Waals surface area contributed by atoms with E-state index in [1.54, 1.807) is 6.92 Å². The Kier molecular flexibility index (Phi) is 5.92. The maximum Gasteiger partial charge on any atom is 0.237 e. The number of unbranched alkanes of at least 4 members (excludes halogenated alkanes) is 1. The zero-order chi connectivity index (χ0) is 12.7. The number of rotatable bonds is 8. The Morgan fingerprint density at radius 3 is 2.59 bits per heavy atom. The summed E-state index contributed by atoms with van der Waals surface area (Å²) in [5, 5.41) is 0. The third-order valence-corrected chi connectivity index (χ3v) is 3.63. The largest absolute Gasteiger partial charge is 0.381 e. The molecule has 0 aliphatic heterocycles. The van der Waals surface area contributed by atoms with Gasteiger partial charge in [-0.25, -0.2) is 0 Å². The first-order valence-corrected chi connectivity index (χ1v) is 6.69. The zero-order valence-electron chi connectivity index (χ0n) is 10.9. The maximum absolute atomic E-state index is 11.0. The van der Waals surface area contributed by atoms with Crippen molar-refractivity contribution >= 4 is 5.91 Å². The summed E-state index contributed by atoms with van der Waals surface area (Å²) >= 11 is 0. The van der Waals surface area contributed by atoms with Gasteiger partial charge in [0.15, 0.2) is 0 Å². The van der Waals surface area contributed by atoms with Crippen LogP contribution in [0.1, 0.15) is 51.9 Å². The van der Waals surface area contributed by atoms with E-state index in [0.717, 1.165) is 32.0 Å². The predicted octanol–water partition coefficient (Wildman–Crippen LogP) is 1.57. The van der Waals surface area contributed by atoms with Gasteiger partial charge in [-0.05, 0) is 44.9 Å². The minimum absolute atomic E-state index is 0.427. The Morgan fingerprint density at radius 1 is 1.35 bits per heavy atom. The van der Waals surface area contributed by atoms with Crippen LogP contribution in [0.5, 0.6) is 0 Å². The third-order valence-electron chi connectivity index (χ3n) is 3.63. The van der Waals surface area contributed by atoms with Crippen LogP contribution in [0.15, 0.2) is 0 Å². The molecule has 1 atom stereocenters. The lowest BCUT2D eigenvalue weighted by atomic mass is 9.96. The van der Waals surface area contributed by atoms with Gasteiger partial charge >= 0.3 is 0 Å². The highest BCUT2D eigenvalue weighted by atomic mass is 16.5. The molecule has 1 aliphatic rings. The van der Waals surface area contributed by atoms with Crippen molar-refractivity contribution < 1.29 is 9.53 Å². The summed E-state index contributed by atoms with van der Waals surface area (Å²) in [6, 6.07) is 0. The monoisotopic (exact) mass is 242 g/mol. The van der Waals surface area contributed by atoms with Gasteiger partial charge in [-0.15, -0.1) is 0 Å². The Balaban J connectivity index is 1.95. The van der Waals surface area contributed by atoms with Crippen LogP contribution in [-0.2, 0) is 9.53 Å². The molecule has 0 saturated heterocycles. The number of hydrogen-bond donors (Lipinski definition) is 2. The summed E-state index contributed by atoms with van der Waals surface area (Å²) in [5.74, 6) is 0.352. The van der Waals surface area contributed by atoms with Gasteiger partial charge in [-0.1, -0.05) is 12.8 Å². The summed E-state index contributed by atoms with van der Waals surface area (Å²) in [4.78, 5) is 11.0. The van der Waals surface area contributed by atoms with Gasteiger partial charge in [0.05, 0.1) is 5.54 Å². The van der Waals surface area contributed by atoms with Crippen molar-refractivity contribution in [1.29, 1.82) is 0 Å². The van der Waals surface area contributed by atoms with Crippen LogP contribution in [-0.4, -0.2) is 24.7 Å². The van der Waals surface area contributed by atoms with E-state index in [0.29, 0.717) is 6.42 Å². The molecule has 1 rings (SSSR count). The first-order valence-electron chi connectivity index (χ1n) is 6.69. The summed E-state index contributed by atoms with van der Waals surface area (Å²) in [7, 11) is 0. The van der Waals surface area contributed by atoms with Crippen molar-refractivity contribution in [2.45, 2.75) is 57.4 Å². The molecule has 1 amide bonds. The van der Waals surface area contributed by atoms with E-state index in [9.17, 15) is 4.79 Å². The fraction of sp³-hybridized carbons (Fsp3) is 0.923. The zero-order valence-corrected chi connectivity index (χ0v) is 10.9. The fourth-order valence-electron chi connectivity index (χ4n) is 2.25. The van der Waals surface area contributed by atoms with E-state index in [4.69, 9.17) is 16.2 Å².